The first kappa shape index (κ1) is 16.9. The lowest BCUT2D eigenvalue weighted by Crippen LogP contribution is -2.11. The predicted octanol–water partition coefficient (Wildman–Crippen LogP) is 6.49. The van der Waals surface area contributed by atoms with Gasteiger partial charge in [-0.2, -0.15) is 13.2 Å². The van der Waals surface area contributed by atoms with Gasteiger partial charge < -0.3 is 0 Å². The molecular formula is C17H13Cl2F3. The fourth-order valence-corrected chi connectivity index (χ4v) is 2.69. The molecule has 0 fully saturated rings. The molecule has 2 rings (SSSR count). The van der Waals surface area contributed by atoms with E-state index in [2.05, 4.69) is 0 Å². The van der Waals surface area contributed by atoms with E-state index in [9.17, 15) is 13.2 Å². The zero-order chi connectivity index (χ0) is 16.3. The third kappa shape index (κ3) is 4.52. The van der Waals surface area contributed by atoms with E-state index in [0.29, 0.717) is 0 Å². The average molecular weight is 345 g/mol. The Kier molecular flexibility index (Phi) is 5.20. The summed E-state index contributed by atoms with van der Waals surface area (Å²) in [5.41, 5.74) is 1.05. The van der Waals surface area contributed by atoms with Crippen molar-refractivity contribution in [3.63, 3.8) is 0 Å². The molecule has 0 spiro atoms. The Bertz CT molecular complexity index is 683. The van der Waals surface area contributed by atoms with Crippen molar-refractivity contribution in [3.05, 3.63) is 75.3 Å². The van der Waals surface area contributed by atoms with Crippen LogP contribution >= 0.6 is 23.2 Å². The molecule has 0 aliphatic heterocycles. The summed E-state index contributed by atoms with van der Waals surface area (Å²) >= 11 is 11.6. The molecule has 0 saturated heterocycles. The minimum atomic E-state index is -4.47. The second kappa shape index (κ2) is 6.76. The highest BCUT2D eigenvalue weighted by Crippen LogP contribution is 2.36. The van der Waals surface area contributed by atoms with Crippen molar-refractivity contribution in [3.8, 4) is 0 Å². The van der Waals surface area contributed by atoms with Gasteiger partial charge in [0, 0.05) is 10.0 Å². The van der Waals surface area contributed by atoms with E-state index in [1.54, 1.807) is 6.07 Å². The van der Waals surface area contributed by atoms with Crippen molar-refractivity contribution < 1.29 is 13.2 Å². The largest absolute Gasteiger partial charge is 0.416 e. The molecule has 0 aromatic heterocycles. The van der Waals surface area contributed by atoms with Gasteiger partial charge in [-0.25, -0.2) is 0 Å². The molecule has 0 bridgehead atoms. The molecule has 0 aliphatic carbocycles. The Morgan fingerprint density at radius 3 is 2.23 bits per heavy atom. The number of rotatable bonds is 3. The molecule has 0 N–H and O–H groups in total. The number of alkyl halides is 3. The number of hydrogen-bond acceptors (Lipinski definition) is 0. The summed E-state index contributed by atoms with van der Waals surface area (Å²) in [6.07, 6.45) is -3.13. The maximum atomic E-state index is 13.3. The molecular weight excluding hydrogens is 332 g/mol. The molecule has 116 valence electrons. The Balaban J connectivity index is 2.40. The van der Waals surface area contributed by atoms with E-state index in [-0.39, 0.29) is 22.0 Å². The van der Waals surface area contributed by atoms with Gasteiger partial charge in [-0.1, -0.05) is 59.1 Å². The van der Waals surface area contributed by atoms with Crippen molar-refractivity contribution in [1.29, 1.82) is 0 Å². The third-order valence-corrected chi connectivity index (χ3v) is 3.54. The summed E-state index contributed by atoms with van der Waals surface area (Å²) in [5.74, 6) is 0. The highest BCUT2D eigenvalue weighted by molar-refractivity contribution is 6.34. The standard InChI is InChI=1S/C17H13Cl2F3/c1-11-3-2-4-12(7-11)5-6-16(17(20,21)22)13-8-14(18)10-15(19)9-13/h2-4,6-10H,5H2,1H3. The minimum Gasteiger partial charge on any atom is -0.166 e. The zero-order valence-electron chi connectivity index (χ0n) is 11.7. The predicted molar refractivity (Wildman–Crippen MR) is 85.4 cm³/mol. The van der Waals surface area contributed by atoms with Crippen LogP contribution in [-0.4, -0.2) is 6.18 Å². The van der Waals surface area contributed by atoms with Gasteiger partial charge in [-0.05, 0) is 42.7 Å². The van der Waals surface area contributed by atoms with Crippen molar-refractivity contribution in [2.75, 3.05) is 0 Å². The topological polar surface area (TPSA) is 0 Å². The maximum absolute atomic E-state index is 13.3. The zero-order valence-corrected chi connectivity index (χ0v) is 13.2. The summed E-state index contributed by atoms with van der Waals surface area (Å²) in [4.78, 5) is 0. The van der Waals surface area contributed by atoms with Crippen molar-refractivity contribution in [1.82, 2.24) is 0 Å². The van der Waals surface area contributed by atoms with Crippen LogP contribution in [0.2, 0.25) is 10.0 Å². The first-order chi connectivity index (χ1) is 10.3. The van der Waals surface area contributed by atoms with Crippen LogP contribution in [0, 0.1) is 6.92 Å². The van der Waals surface area contributed by atoms with Gasteiger partial charge in [0.2, 0.25) is 0 Å². The van der Waals surface area contributed by atoms with Crippen LogP contribution in [0.15, 0.2) is 48.5 Å². The van der Waals surface area contributed by atoms with Crippen LogP contribution in [0.3, 0.4) is 0 Å². The summed E-state index contributed by atoms with van der Waals surface area (Å²) in [7, 11) is 0. The molecule has 0 radical (unpaired) electrons. The molecule has 0 amide bonds. The first-order valence-electron chi connectivity index (χ1n) is 6.55. The first-order valence-corrected chi connectivity index (χ1v) is 7.30. The van der Waals surface area contributed by atoms with E-state index in [1.807, 2.05) is 25.1 Å². The smallest absolute Gasteiger partial charge is 0.166 e. The van der Waals surface area contributed by atoms with Gasteiger partial charge in [0.15, 0.2) is 0 Å². The third-order valence-electron chi connectivity index (χ3n) is 3.10. The van der Waals surface area contributed by atoms with Crippen molar-refractivity contribution in [2.45, 2.75) is 19.5 Å². The SMILES string of the molecule is Cc1cccc(CC=C(c2cc(Cl)cc(Cl)c2)C(F)(F)F)c1. The van der Waals surface area contributed by atoms with E-state index in [1.165, 1.54) is 18.2 Å². The fourth-order valence-electron chi connectivity index (χ4n) is 2.17. The lowest BCUT2D eigenvalue weighted by Gasteiger charge is -2.13. The Hall–Kier alpha value is -1.45. The van der Waals surface area contributed by atoms with Crippen LogP contribution in [0.25, 0.3) is 5.57 Å². The van der Waals surface area contributed by atoms with Crippen molar-refractivity contribution >= 4 is 28.8 Å². The van der Waals surface area contributed by atoms with Crippen molar-refractivity contribution in [2.24, 2.45) is 0 Å². The summed E-state index contributed by atoms with van der Waals surface area (Å²) in [6, 6.07) is 11.3. The molecule has 0 aliphatic rings. The fraction of sp³-hybridized carbons (Fsp3) is 0.176. The Labute approximate surface area is 137 Å². The summed E-state index contributed by atoms with van der Waals surface area (Å²) in [5, 5.41) is 0.349. The van der Waals surface area contributed by atoms with Gasteiger partial charge in [-0.3, -0.25) is 0 Å². The minimum absolute atomic E-state index is 0.0300. The van der Waals surface area contributed by atoms with E-state index < -0.39 is 11.7 Å². The van der Waals surface area contributed by atoms with Crippen LogP contribution in [-0.2, 0) is 6.42 Å². The molecule has 0 atom stereocenters. The quantitative estimate of drug-likeness (QED) is 0.596. The number of aryl methyl sites for hydroxylation is 1. The highest BCUT2D eigenvalue weighted by Gasteiger charge is 2.34. The van der Waals surface area contributed by atoms with Gasteiger partial charge >= 0.3 is 6.18 Å². The van der Waals surface area contributed by atoms with Gasteiger partial charge in [0.05, 0.1) is 5.57 Å². The lowest BCUT2D eigenvalue weighted by molar-refractivity contribution is -0.0690. The Morgan fingerprint density at radius 1 is 1.05 bits per heavy atom. The molecule has 2 aromatic carbocycles. The highest BCUT2D eigenvalue weighted by atomic mass is 35.5. The van der Waals surface area contributed by atoms with E-state index >= 15 is 0 Å². The number of allylic oxidation sites excluding steroid dienone is 2. The van der Waals surface area contributed by atoms with Crippen LogP contribution in [0.5, 0.6) is 0 Å². The molecule has 2 aromatic rings. The molecule has 22 heavy (non-hydrogen) atoms. The number of halogens is 5. The summed E-state index contributed by atoms with van der Waals surface area (Å²) < 4.78 is 39.9. The number of hydrogen-bond donors (Lipinski definition) is 0. The van der Waals surface area contributed by atoms with Crippen LogP contribution < -0.4 is 0 Å². The lowest BCUT2D eigenvalue weighted by atomic mass is 10.0. The van der Waals surface area contributed by atoms with Crippen LogP contribution in [0.4, 0.5) is 13.2 Å². The molecule has 0 unspecified atom stereocenters. The van der Waals surface area contributed by atoms with Gasteiger partial charge in [-0.15, -0.1) is 0 Å². The molecule has 5 heteroatoms. The monoisotopic (exact) mass is 344 g/mol. The van der Waals surface area contributed by atoms with Gasteiger partial charge in [0.1, 0.15) is 0 Å². The van der Waals surface area contributed by atoms with Crippen LogP contribution in [0.1, 0.15) is 16.7 Å². The maximum Gasteiger partial charge on any atom is 0.416 e. The second-order valence-corrected chi connectivity index (χ2v) is 5.84. The Morgan fingerprint density at radius 2 is 1.68 bits per heavy atom. The molecule has 0 saturated carbocycles. The summed E-state index contributed by atoms with van der Waals surface area (Å²) in [6.45, 7) is 1.90. The molecule has 0 heterocycles. The normalized spacial score (nSPS) is 12.5. The average Bonchev–Trinajstić information content (AvgIpc) is 2.36. The van der Waals surface area contributed by atoms with E-state index in [0.717, 1.165) is 17.2 Å². The number of benzene rings is 2. The second-order valence-electron chi connectivity index (χ2n) is 4.97. The van der Waals surface area contributed by atoms with E-state index in [4.69, 9.17) is 23.2 Å². The molecule has 0 nitrogen and oxygen atoms in total. The van der Waals surface area contributed by atoms with Gasteiger partial charge in [0.25, 0.3) is 0 Å².